The van der Waals surface area contributed by atoms with Gasteiger partial charge in [-0.2, -0.15) is 0 Å². The van der Waals surface area contributed by atoms with Gasteiger partial charge in [-0.3, -0.25) is 4.79 Å². The predicted octanol–water partition coefficient (Wildman–Crippen LogP) is 6.02. The smallest absolute Gasteiger partial charge is 0.191 e. The minimum atomic E-state index is -0.00253. The number of carbonyl (C=O) groups excluding carboxylic acids is 1. The fourth-order valence-corrected chi connectivity index (χ4v) is 3.74. The Kier molecular flexibility index (Phi) is 4.32. The lowest BCUT2D eigenvalue weighted by Crippen LogP contribution is -2.12. The molecule has 1 nitrogen and oxygen atoms in total. The van der Waals surface area contributed by atoms with Crippen LogP contribution in [0.5, 0.6) is 0 Å². The largest absolute Gasteiger partial charge is 0.289 e. The van der Waals surface area contributed by atoms with Crippen LogP contribution in [-0.4, -0.2) is 11.5 Å². The minimum Gasteiger partial charge on any atom is -0.289 e. The summed E-state index contributed by atoms with van der Waals surface area (Å²) in [4.78, 5) is 13.5. The van der Waals surface area contributed by atoms with Gasteiger partial charge in [-0.25, -0.2) is 0 Å². The summed E-state index contributed by atoms with van der Waals surface area (Å²) in [6, 6.07) is 10.6. The van der Waals surface area contributed by atoms with E-state index in [9.17, 15) is 4.79 Å². The van der Waals surface area contributed by atoms with Crippen LogP contribution in [0, 0.1) is 0 Å². The number of thioether (sulfide) groups is 1. The molecule has 2 aromatic carbocycles. The molecule has 0 N–H and O–H groups in total. The first-order valence-electron chi connectivity index (χ1n) is 6.17. The van der Waals surface area contributed by atoms with Crippen LogP contribution in [0.1, 0.15) is 15.9 Å². The summed E-state index contributed by atoms with van der Waals surface area (Å²) in [5.41, 5.74) is 2.14. The maximum absolute atomic E-state index is 12.5. The lowest BCUT2D eigenvalue weighted by atomic mass is 10.0. The van der Waals surface area contributed by atoms with Crippen molar-refractivity contribution < 1.29 is 4.79 Å². The summed E-state index contributed by atoms with van der Waals surface area (Å²) in [5.74, 6) is 0.615. The Bertz CT molecular complexity index is 768. The molecule has 1 aliphatic heterocycles. The van der Waals surface area contributed by atoms with Gasteiger partial charge in [0.25, 0.3) is 0 Å². The van der Waals surface area contributed by atoms with Crippen LogP contribution in [0.2, 0.25) is 15.1 Å². The number of fused-ring (bicyclic) bond motifs is 1. The molecule has 0 amide bonds. The zero-order valence-electron chi connectivity index (χ0n) is 10.7. The molecule has 2 aromatic rings. The monoisotopic (exact) mass is 354 g/mol. The molecule has 0 bridgehead atoms. The van der Waals surface area contributed by atoms with Crippen molar-refractivity contribution in [3.05, 3.63) is 68.2 Å². The van der Waals surface area contributed by atoms with Crippen molar-refractivity contribution in [2.45, 2.75) is 4.90 Å². The number of rotatable bonds is 1. The van der Waals surface area contributed by atoms with E-state index in [2.05, 4.69) is 0 Å². The Labute approximate surface area is 141 Å². The molecular formula is C16H9Cl3OS. The van der Waals surface area contributed by atoms with E-state index in [0.29, 0.717) is 32.0 Å². The Balaban J connectivity index is 2.01. The van der Waals surface area contributed by atoms with Crippen molar-refractivity contribution in [1.82, 2.24) is 0 Å². The molecule has 0 aliphatic carbocycles. The van der Waals surface area contributed by atoms with Crippen LogP contribution in [0.25, 0.3) is 6.08 Å². The van der Waals surface area contributed by atoms with E-state index >= 15 is 0 Å². The molecular weight excluding hydrogens is 347 g/mol. The average molecular weight is 356 g/mol. The Morgan fingerprint density at radius 1 is 1.00 bits per heavy atom. The second-order valence-electron chi connectivity index (χ2n) is 4.59. The lowest BCUT2D eigenvalue weighted by Gasteiger charge is -2.17. The van der Waals surface area contributed by atoms with Gasteiger partial charge in [-0.05, 0) is 42.0 Å². The van der Waals surface area contributed by atoms with Crippen molar-refractivity contribution in [2.75, 3.05) is 5.75 Å². The summed E-state index contributed by atoms with van der Waals surface area (Å²) < 4.78 is 0. The molecule has 0 unspecified atom stereocenters. The van der Waals surface area contributed by atoms with Crippen LogP contribution >= 0.6 is 46.6 Å². The number of carbonyl (C=O) groups is 1. The highest BCUT2D eigenvalue weighted by molar-refractivity contribution is 7.99. The topological polar surface area (TPSA) is 17.1 Å². The van der Waals surface area contributed by atoms with Crippen molar-refractivity contribution >= 4 is 58.4 Å². The number of halogens is 3. The third-order valence-electron chi connectivity index (χ3n) is 3.15. The maximum atomic E-state index is 12.5. The van der Waals surface area contributed by atoms with Gasteiger partial charge in [-0.15, -0.1) is 11.8 Å². The normalized spacial score (nSPS) is 16.1. The van der Waals surface area contributed by atoms with E-state index in [1.807, 2.05) is 18.2 Å². The van der Waals surface area contributed by atoms with Gasteiger partial charge in [0.2, 0.25) is 0 Å². The van der Waals surface area contributed by atoms with Crippen LogP contribution < -0.4 is 0 Å². The molecule has 106 valence electrons. The average Bonchev–Trinajstić information content (AvgIpc) is 2.45. The molecule has 0 saturated heterocycles. The molecule has 0 spiro atoms. The highest BCUT2D eigenvalue weighted by atomic mass is 35.5. The molecule has 1 aliphatic rings. The summed E-state index contributed by atoms with van der Waals surface area (Å²) >= 11 is 19.6. The zero-order chi connectivity index (χ0) is 15.0. The van der Waals surface area contributed by atoms with Gasteiger partial charge >= 0.3 is 0 Å². The molecule has 0 saturated carbocycles. The van der Waals surface area contributed by atoms with Gasteiger partial charge in [0.15, 0.2) is 5.78 Å². The van der Waals surface area contributed by atoms with Crippen LogP contribution in [0.4, 0.5) is 0 Å². The van der Waals surface area contributed by atoms with Crippen LogP contribution in [0.3, 0.4) is 0 Å². The summed E-state index contributed by atoms with van der Waals surface area (Å²) in [6.07, 6.45) is 1.82. The molecule has 0 atom stereocenters. The molecule has 1 heterocycles. The Hall–Kier alpha value is -0.930. The first-order valence-corrected chi connectivity index (χ1v) is 8.29. The summed E-state index contributed by atoms with van der Waals surface area (Å²) in [5, 5.41) is 1.67. The van der Waals surface area contributed by atoms with Gasteiger partial charge in [-0.1, -0.05) is 40.9 Å². The number of hydrogen-bond acceptors (Lipinski definition) is 2. The van der Waals surface area contributed by atoms with E-state index in [4.69, 9.17) is 34.8 Å². The molecule has 5 heteroatoms. The molecule has 21 heavy (non-hydrogen) atoms. The predicted molar refractivity (Wildman–Crippen MR) is 90.9 cm³/mol. The van der Waals surface area contributed by atoms with Crippen molar-refractivity contribution in [3.8, 4) is 0 Å². The summed E-state index contributed by atoms with van der Waals surface area (Å²) in [6.45, 7) is 0. The van der Waals surface area contributed by atoms with Crippen LogP contribution in [0.15, 0.2) is 46.9 Å². The van der Waals surface area contributed by atoms with E-state index < -0.39 is 0 Å². The molecule has 0 radical (unpaired) electrons. The number of benzene rings is 2. The third-order valence-corrected chi connectivity index (χ3v) is 5.07. The van der Waals surface area contributed by atoms with Gasteiger partial charge in [0.05, 0.1) is 0 Å². The molecule has 3 rings (SSSR count). The third kappa shape index (κ3) is 3.14. The Morgan fingerprint density at radius 3 is 2.48 bits per heavy atom. The number of hydrogen-bond donors (Lipinski definition) is 0. The first-order chi connectivity index (χ1) is 10.0. The van der Waals surface area contributed by atoms with E-state index in [1.54, 1.807) is 36.0 Å². The van der Waals surface area contributed by atoms with Gasteiger partial charge < -0.3 is 0 Å². The van der Waals surface area contributed by atoms with Gasteiger partial charge in [0, 0.05) is 36.9 Å². The highest BCUT2D eigenvalue weighted by Gasteiger charge is 2.22. The maximum Gasteiger partial charge on any atom is 0.191 e. The number of Topliss-reactive ketones (excluding diaryl/α,β-unsaturated/α-hetero) is 1. The second-order valence-corrected chi connectivity index (χ2v) is 6.89. The fraction of sp³-hybridized carbons (Fsp3) is 0.0625. The fourth-order valence-electron chi connectivity index (χ4n) is 2.11. The SMILES string of the molecule is O=C1C(=Cc2ccc(Cl)cc2Cl)CSc2ccc(Cl)cc21. The van der Waals surface area contributed by atoms with E-state index in [1.165, 1.54) is 0 Å². The Morgan fingerprint density at radius 2 is 1.71 bits per heavy atom. The highest BCUT2D eigenvalue weighted by Crippen LogP contribution is 2.35. The second kappa shape index (κ2) is 6.05. The lowest BCUT2D eigenvalue weighted by molar-refractivity contribution is 0.103. The van der Waals surface area contributed by atoms with E-state index in [-0.39, 0.29) is 5.78 Å². The number of ketones is 1. The zero-order valence-corrected chi connectivity index (χ0v) is 13.8. The van der Waals surface area contributed by atoms with Crippen LogP contribution in [-0.2, 0) is 0 Å². The molecule has 0 fully saturated rings. The van der Waals surface area contributed by atoms with Crippen molar-refractivity contribution in [2.24, 2.45) is 0 Å². The first kappa shape index (κ1) is 15.0. The van der Waals surface area contributed by atoms with Crippen molar-refractivity contribution in [3.63, 3.8) is 0 Å². The minimum absolute atomic E-state index is 0.00253. The molecule has 0 aromatic heterocycles. The van der Waals surface area contributed by atoms with E-state index in [0.717, 1.165) is 10.5 Å². The summed E-state index contributed by atoms with van der Waals surface area (Å²) in [7, 11) is 0. The van der Waals surface area contributed by atoms with Crippen molar-refractivity contribution in [1.29, 1.82) is 0 Å². The standard InChI is InChI=1S/C16H9Cl3OS/c17-11-3-4-15-13(6-11)16(20)10(8-21-15)5-9-1-2-12(18)7-14(9)19/h1-7H,8H2. The van der Waals surface area contributed by atoms with Gasteiger partial charge in [0.1, 0.15) is 0 Å². The quantitative estimate of drug-likeness (QED) is 0.582.